The molecule has 1 aromatic heterocycles. The lowest BCUT2D eigenvalue weighted by Gasteiger charge is -2.23. The molecule has 98 valence electrons. The Kier molecular flexibility index (Phi) is 6.52. The minimum atomic E-state index is 0.732. The zero-order valence-corrected chi connectivity index (χ0v) is 12.3. The molecule has 17 heavy (non-hydrogen) atoms. The number of thiazole rings is 1. The van der Waals surface area contributed by atoms with Crippen LogP contribution in [0.2, 0.25) is 0 Å². The van der Waals surface area contributed by atoms with Crippen molar-refractivity contribution in [2.75, 3.05) is 24.5 Å². The number of aromatic nitrogens is 1. The van der Waals surface area contributed by atoms with Gasteiger partial charge in [-0.2, -0.15) is 0 Å². The third-order valence-corrected chi connectivity index (χ3v) is 4.03. The zero-order valence-electron chi connectivity index (χ0n) is 11.5. The summed E-state index contributed by atoms with van der Waals surface area (Å²) in [5.74, 6) is 0.732. The highest BCUT2D eigenvalue weighted by Gasteiger charge is 2.11. The highest BCUT2D eigenvalue weighted by molar-refractivity contribution is 7.15. The summed E-state index contributed by atoms with van der Waals surface area (Å²) in [6.45, 7) is 13.0. The molecular formula is C13H25N3S. The van der Waals surface area contributed by atoms with Crippen LogP contribution in [0.3, 0.4) is 0 Å². The van der Waals surface area contributed by atoms with Crippen molar-refractivity contribution in [3.63, 3.8) is 0 Å². The van der Waals surface area contributed by atoms with Gasteiger partial charge in [0.15, 0.2) is 5.13 Å². The van der Waals surface area contributed by atoms with E-state index >= 15 is 0 Å². The Hall–Kier alpha value is -0.610. The molecule has 0 saturated heterocycles. The number of nitrogens with one attached hydrogen (secondary N) is 1. The van der Waals surface area contributed by atoms with Gasteiger partial charge in [0.05, 0.1) is 0 Å². The second kappa shape index (κ2) is 7.67. The van der Waals surface area contributed by atoms with Crippen molar-refractivity contribution in [3.8, 4) is 0 Å². The van der Waals surface area contributed by atoms with Gasteiger partial charge in [0.2, 0.25) is 0 Å². The van der Waals surface area contributed by atoms with Gasteiger partial charge in [-0.15, -0.1) is 11.3 Å². The largest absolute Gasteiger partial charge is 0.348 e. The number of rotatable bonds is 8. The van der Waals surface area contributed by atoms with E-state index < -0.39 is 0 Å². The molecule has 1 aromatic rings. The van der Waals surface area contributed by atoms with Crippen LogP contribution in [-0.4, -0.2) is 24.6 Å². The summed E-state index contributed by atoms with van der Waals surface area (Å²) < 4.78 is 0. The standard InChI is InChI=1S/C13H25N3S/c1-5-11(4)10-16(7-3)13-15-9-12(17-13)8-14-6-2/h9,11,14H,5-8,10H2,1-4H3. The van der Waals surface area contributed by atoms with Crippen molar-refractivity contribution in [3.05, 3.63) is 11.1 Å². The Morgan fingerprint density at radius 2 is 2.18 bits per heavy atom. The SMILES string of the molecule is CCNCc1cnc(N(CC)CC(C)CC)s1. The highest BCUT2D eigenvalue weighted by Crippen LogP contribution is 2.23. The Balaban J connectivity index is 2.58. The van der Waals surface area contributed by atoms with E-state index in [0.717, 1.165) is 32.1 Å². The molecule has 0 aliphatic rings. The topological polar surface area (TPSA) is 28.2 Å². The quantitative estimate of drug-likeness (QED) is 0.773. The van der Waals surface area contributed by atoms with Crippen LogP contribution in [0.4, 0.5) is 5.13 Å². The predicted molar refractivity (Wildman–Crippen MR) is 76.8 cm³/mol. The van der Waals surface area contributed by atoms with Gasteiger partial charge < -0.3 is 10.2 Å². The van der Waals surface area contributed by atoms with Gasteiger partial charge in [-0.1, -0.05) is 27.2 Å². The van der Waals surface area contributed by atoms with Crippen LogP contribution in [0.25, 0.3) is 0 Å². The van der Waals surface area contributed by atoms with Gasteiger partial charge in [-0.3, -0.25) is 0 Å². The highest BCUT2D eigenvalue weighted by atomic mass is 32.1. The van der Waals surface area contributed by atoms with Crippen molar-refractivity contribution in [2.45, 2.75) is 40.7 Å². The van der Waals surface area contributed by atoms with E-state index in [9.17, 15) is 0 Å². The Labute approximate surface area is 109 Å². The van der Waals surface area contributed by atoms with Gasteiger partial charge in [-0.25, -0.2) is 4.98 Å². The van der Waals surface area contributed by atoms with Gasteiger partial charge in [0, 0.05) is 30.7 Å². The van der Waals surface area contributed by atoms with E-state index in [0.29, 0.717) is 0 Å². The van der Waals surface area contributed by atoms with E-state index in [1.165, 1.54) is 16.4 Å². The maximum Gasteiger partial charge on any atom is 0.185 e. The smallest absolute Gasteiger partial charge is 0.185 e. The summed E-state index contributed by atoms with van der Waals surface area (Å²) in [5.41, 5.74) is 0. The first-order chi connectivity index (χ1) is 8.21. The van der Waals surface area contributed by atoms with Crippen LogP contribution in [0.15, 0.2) is 6.20 Å². The van der Waals surface area contributed by atoms with Gasteiger partial charge in [0.25, 0.3) is 0 Å². The summed E-state index contributed by atoms with van der Waals surface area (Å²) in [6.07, 6.45) is 3.23. The Morgan fingerprint density at radius 3 is 2.76 bits per heavy atom. The van der Waals surface area contributed by atoms with Crippen LogP contribution in [0.5, 0.6) is 0 Å². The fraction of sp³-hybridized carbons (Fsp3) is 0.769. The Morgan fingerprint density at radius 1 is 1.41 bits per heavy atom. The Bertz CT molecular complexity index is 311. The van der Waals surface area contributed by atoms with Crippen LogP contribution in [0, 0.1) is 5.92 Å². The molecule has 1 heterocycles. The number of hydrogen-bond acceptors (Lipinski definition) is 4. The first-order valence-corrected chi connectivity index (χ1v) is 7.43. The van der Waals surface area contributed by atoms with E-state index in [-0.39, 0.29) is 0 Å². The molecule has 1 rings (SSSR count). The predicted octanol–water partition coefficient (Wildman–Crippen LogP) is 3.13. The molecule has 0 saturated carbocycles. The van der Waals surface area contributed by atoms with Crippen molar-refractivity contribution < 1.29 is 0 Å². The first kappa shape index (κ1) is 14.5. The van der Waals surface area contributed by atoms with E-state index in [4.69, 9.17) is 0 Å². The minimum absolute atomic E-state index is 0.732. The molecule has 1 unspecified atom stereocenters. The van der Waals surface area contributed by atoms with Gasteiger partial charge in [-0.05, 0) is 19.4 Å². The third kappa shape index (κ3) is 4.64. The third-order valence-electron chi connectivity index (χ3n) is 2.97. The maximum absolute atomic E-state index is 4.53. The molecule has 0 aliphatic heterocycles. The van der Waals surface area contributed by atoms with E-state index in [1.807, 2.05) is 17.5 Å². The normalized spacial score (nSPS) is 12.7. The van der Waals surface area contributed by atoms with Crippen molar-refractivity contribution >= 4 is 16.5 Å². The lowest BCUT2D eigenvalue weighted by atomic mass is 10.1. The van der Waals surface area contributed by atoms with Gasteiger partial charge in [0.1, 0.15) is 0 Å². The zero-order chi connectivity index (χ0) is 12.7. The van der Waals surface area contributed by atoms with E-state index in [2.05, 4.69) is 42.9 Å². The number of nitrogens with zero attached hydrogens (tertiary/aromatic N) is 2. The summed E-state index contributed by atoms with van der Waals surface area (Å²) in [5, 5.41) is 4.51. The van der Waals surface area contributed by atoms with Crippen molar-refractivity contribution in [1.82, 2.24) is 10.3 Å². The van der Waals surface area contributed by atoms with E-state index in [1.54, 1.807) is 0 Å². The second-order valence-electron chi connectivity index (χ2n) is 4.44. The van der Waals surface area contributed by atoms with Crippen molar-refractivity contribution in [1.29, 1.82) is 0 Å². The molecule has 3 nitrogen and oxygen atoms in total. The number of hydrogen-bond donors (Lipinski definition) is 1. The second-order valence-corrected chi connectivity index (χ2v) is 5.54. The monoisotopic (exact) mass is 255 g/mol. The van der Waals surface area contributed by atoms with Crippen LogP contribution in [-0.2, 0) is 6.54 Å². The summed E-state index contributed by atoms with van der Waals surface area (Å²) in [6, 6.07) is 0. The fourth-order valence-electron chi connectivity index (χ4n) is 1.62. The lowest BCUT2D eigenvalue weighted by Crippen LogP contribution is -2.27. The molecule has 0 aliphatic carbocycles. The maximum atomic E-state index is 4.53. The summed E-state index contributed by atoms with van der Waals surface area (Å²) in [4.78, 5) is 8.24. The molecule has 0 spiro atoms. The summed E-state index contributed by atoms with van der Waals surface area (Å²) in [7, 11) is 0. The molecule has 0 fully saturated rings. The molecule has 1 N–H and O–H groups in total. The molecule has 0 amide bonds. The van der Waals surface area contributed by atoms with Crippen LogP contribution in [0.1, 0.15) is 39.0 Å². The number of anilines is 1. The molecule has 0 radical (unpaired) electrons. The summed E-state index contributed by atoms with van der Waals surface area (Å²) >= 11 is 1.81. The van der Waals surface area contributed by atoms with Crippen LogP contribution < -0.4 is 10.2 Å². The first-order valence-electron chi connectivity index (χ1n) is 6.61. The fourth-order valence-corrected chi connectivity index (χ4v) is 2.57. The molecule has 1 atom stereocenters. The molecular weight excluding hydrogens is 230 g/mol. The molecule has 4 heteroatoms. The molecule has 0 bridgehead atoms. The molecule has 0 aromatic carbocycles. The van der Waals surface area contributed by atoms with Gasteiger partial charge >= 0.3 is 0 Å². The average Bonchev–Trinajstić information content (AvgIpc) is 2.81. The lowest BCUT2D eigenvalue weighted by molar-refractivity contribution is 0.547. The van der Waals surface area contributed by atoms with Crippen molar-refractivity contribution in [2.24, 2.45) is 5.92 Å². The minimum Gasteiger partial charge on any atom is -0.348 e. The van der Waals surface area contributed by atoms with Crippen LogP contribution >= 0.6 is 11.3 Å². The average molecular weight is 255 g/mol.